The molecule has 0 fully saturated rings. The molecule has 6 heteroatoms. The van der Waals surface area contributed by atoms with Gasteiger partial charge in [-0.2, -0.15) is 0 Å². The van der Waals surface area contributed by atoms with E-state index in [9.17, 15) is 13.9 Å². The zero-order valence-corrected chi connectivity index (χ0v) is 11.4. The van der Waals surface area contributed by atoms with Gasteiger partial charge in [-0.05, 0) is 25.1 Å². The van der Waals surface area contributed by atoms with Crippen molar-refractivity contribution in [2.45, 2.75) is 13.0 Å². The Morgan fingerprint density at radius 1 is 1.25 bits per heavy atom. The average Bonchev–Trinajstić information content (AvgIpc) is 2.43. The Morgan fingerprint density at radius 3 is 2.70 bits per heavy atom. The molecule has 1 atom stereocenters. The second-order valence-electron chi connectivity index (χ2n) is 4.08. The Labute approximate surface area is 119 Å². The first-order valence-corrected chi connectivity index (χ1v) is 6.31. The van der Waals surface area contributed by atoms with Gasteiger partial charge in [0.1, 0.15) is 23.5 Å². The molecule has 2 aromatic rings. The van der Waals surface area contributed by atoms with E-state index in [1.54, 1.807) is 6.92 Å². The number of aliphatic hydroxyl groups is 1. The summed E-state index contributed by atoms with van der Waals surface area (Å²) < 4.78 is 32.4. The Morgan fingerprint density at radius 2 is 2.00 bits per heavy atom. The minimum absolute atomic E-state index is 0.206. The van der Waals surface area contributed by atoms with Gasteiger partial charge in [0.25, 0.3) is 0 Å². The fourth-order valence-corrected chi connectivity index (χ4v) is 1.91. The van der Waals surface area contributed by atoms with Crippen LogP contribution in [0.4, 0.5) is 8.78 Å². The van der Waals surface area contributed by atoms with Crippen LogP contribution in [0.15, 0.2) is 30.6 Å². The zero-order valence-electron chi connectivity index (χ0n) is 10.6. The number of benzene rings is 1. The molecule has 0 saturated carbocycles. The van der Waals surface area contributed by atoms with Gasteiger partial charge in [-0.25, -0.2) is 8.78 Å². The van der Waals surface area contributed by atoms with Crippen molar-refractivity contribution in [3.63, 3.8) is 0 Å². The topological polar surface area (TPSA) is 42.4 Å². The predicted molar refractivity (Wildman–Crippen MR) is 70.8 cm³/mol. The summed E-state index contributed by atoms with van der Waals surface area (Å²) in [5.41, 5.74) is 0.0962. The highest BCUT2D eigenvalue weighted by Gasteiger charge is 2.18. The van der Waals surface area contributed by atoms with E-state index in [4.69, 9.17) is 16.3 Å². The first-order valence-electron chi connectivity index (χ1n) is 5.93. The van der Waals surface area contributed by atoms with Crippen LogP contribution >= 0.6 is 11.6 Å². The molecule has 106 valence electrons. The van der Waals surface area contributed by atoms with Crippen molar-refractivity contribution in [2.24, 2.45) is 0 Å². The molecule has 0 spiro atoms. The molecule has 1 aromatic heterocycles. The van der Waals surface area contributed by atoms with Crippen molar-refractivity contribution in [1.82, 2.24) is 4.98 Å². The van der Waals surface area contributed by atoms with E-state index in [0.29, 0.717) is 17.9 Å². The first kappa shape index (κ1) is 14.7. The predicted octanol–water partition coefficient (Wildman–Crippen LogP) is 3.49. The van der Waals surface area contributed by atoms with E-state index in [0.717, 1.165) is 12.1 Å². The van der Waals surface area contributed by atoms with Crippen molar-refractivity contribution in [3.8, 4) is 5.75 Å². The van der Waals surface area contributed by atoms with Gasteiger partial charge in [0.15, 0.2) is 0 Å². The number of rotatable bonds is 4. The highest BCUT2D eigenvalue weighted by atomic mass is 35.5. The molecule has 0 amide bonds. The molecule has 0 aliphatic carbocycles. The highest BCUT2D eigenvalue weighted by Crippen LogP contribution is 2.29. The second kappa shape index (κ2) is 6.15. The molecule has 1 unspecified atom stereocenters. The third kappa shape index (κ3) is 3.05. The monoisotopic (exact) mass is 299 g/mol. The van der Waals surface area contributed by atoms with Gasteiger partial charge in [-0.3, -0.25) is 4.98 Å². The Kier molecular flexibility index (Phi) is 4.52. The van der Waals surface area contributed by atoms with Gasteiger partial charge >= 0.3 is 0 Å². The van der Waals surface area contributed by atoms with E-state index < -0.39 is 17.7 Å². The lowest BCUT2D eigenvalue weighted by atomic mass is 10.0. The molecule has 0 aliphatic rings. The molecule has 0 radical (unpaired) electrons. The van der Waals surface area contributed by atoms with Gasteiger partial charge in [0.2, 0.25) is 0 Å². The maximum absolute atomic E-state index is 13.8. The van der Waals surface area contributed by atoms with Crippen LogP contribution in [0.25, 0.3) is 0 Å². The summed E-state index contributed by atoms with van der Waals surface area (Å²) in [4.78, 5) is 3.89. The van der Waals surface area contributed by atoms with Crippen LogP contribution in [-0.2, 0) is 0 Å². The summed E-state index contributed by atoms with van der Waals surface area (Å²) in [6, 6.07) is 3.22. The van der Waals surface area contributed by atoms with E-state index in [1.165, 1.54) is 18.5 Å². The largest absolute Gasteiger partial charge is 0.492 e. The minimum Gasteiger partial charge on any atom is -0.492 e. The van der Waals surface area contributed by atoms with Crippen molar-refractivity contribution in [2.75, 3.05) is 6.61 Å². The van der Waals surface area contributed by atoms with Crippen LogP contribution < -0.4 is 4.74 Å². The Bertz CT molecular complexity index is 622. The average molecular weight is 300 g/mol. The Hall–Kier alpha value is -1.72. The van der Waals surface area contributed by atoms with Gasteiger partial charge in [0, 0.05) is 17.3 Å². The van der Waals surface area contributed by atoms with Crippen LogP contribution in [0.2, 0.25) is 5.02 Å². The van der Waals surface area contributed by atoms with E-state index >= 15 is 0 Å². The van der Waals surface area contributed by atoms with E-state index in [2.05, 4.69) is 4.98 Å². The maximum Gasteiger partial charge on any atom is 0.142 e. The molecular weight excluding hydrogens is 288 g/mol. The number of hydrogen-bond donors (Lipinski definition) is 1. The van der Waals surface area contributed by atoms with Crippen LogP contribution in [0.1, 0.15) is 24.2 Å². The maximum atomic E-state index is 13.8. The first-order chi connectivity index (χ1) is 9.52. The molecule has 20 heavy (non-hydrogen) atoms. The minimum atomic E-state index is -1.35. The lowest BCUT2D eigenvalue weighted by Crippen LogP contribution is -2.05. The summed E-state index contributed by atoms with van der Waals surface area (Å²) in [5.74, 6) is -1.14. The fraction of sp³-hybridized carbons (Fsp3) is 0.214. The van der Waals surface area contributed by atoms with E-state index in [1.807, 2.05) is 0 Å². The SMILES string of the molecule is CCOc1cncc(C(O)c2cc(F)c(Cl)cc2F)c1. The van der Waals surface area contributed by atoms with Gasteiger partial charge < -0.3 is 9.84 Å². The standard InChI is InChI=1S/C14H12ClF2NO2/c1-2-20-9-3-8(6-18-7-9)14(19)10-4-13(17)11(15)5-12(10)16/h3-7,14,19H,2H2,1H3. The molecular formula is C14H12ClF2NO2. The fourth-order valence-electron chi connectivity index (χ4n) is 1.76. The van der Waals surface area contributed by atoms with Crippen LogP contribution in [0.5, 0.6) is 5.75 Å². The number of pyridine rings is 1. The van der Waals surface area contributed by atoms with Gasteiger partial charge in [0.05, 0.1) is 17.8 Å². The second-order valence-corrected chi connectivity index (χ2v) is 4.48. The Balaban J connectivity index is 2.38. The van der Waals surface area contributed by atoms with Crippen molar-refractivity contribution >= 4 is 11.6 Å². The highest BCUT2D eigenvalue weighted by molar-refractivity contribution is 6.30. The normalized spacial score (nSPS) is 12.2. The van der Waals surface area contributed by atoms with Crippen LogP contribution in [0, 0.1) is 11.6 Å². The lowest BCUT2D eigenvalue weighted by molar-refractivity contribution is 0.213. The number of nitrogens with zero attached hydrogens (tertiary/aromatic N) is 1. The summed E-state index contributed by atoms with van der Waals surface area (Å²) in [7, 11) is 0. The van der Waals surface area contributed by atoms with Crippen LogP contribution in [0.3, 0.4) is 0 Å². The molecule has 0 aliphatic heterocycles. The quantitative estimate of drug-likeness (QED) is 0.879. The van der Waals surface area contributed by atoms with Gasteiger partial charge in [-0.15, -0.1) is 0 Å². The number of ether oxygens (including phenoxy) is 1. The number of halogens is 3. The lowest BCUT2D eigenvalue weighted by Gasteiger charge is -2.14. The van der Waals surface area contributed by atoms with Crippen LogP contribution in [-0.4, -0.2) is 16.7 Å². The molecule has 3 nitrogen and oxygen atoms in total. The summed E-state index contributed by atoms with van der Waals surface area (Å²) >= 11 is 5.47. The van der Waals surface area contributed by atoms with Gasteiger partial charge in [-0.1, -0.05) is 11.6 Å². The van der Waals surface area contributed by atoms with E-state index in [-0.39, 0.29) is 10.6 Å². The smallest absolute Gasteiger partial charge is 0.142 e. The molecule has 0 bridgehead atoms. The third-order valence-electron chi connectivity index (χ3n) is 2.70. The molecule has 1 N–H and O–H groups in total. The number of hydrogen-bond acceptors (Lipinski definition) is 3. The molecule has 1 aromatic carbocycles. The molecule has 2 rings (SSSR count). The zero-order chi connectivity index (χ0) is 14.7. The summed E-state index contributed by atoms with van der Waals surface area (Å²) in [6.45, 7) is 2.24. The summed E-state index contributed by atoms with van der Waals surface area (Å²) in [6.07, 6.45) is 1.48. The molecule has 1 heterocycles. The third-order valence-corrected chi connectivity index (χ3v) is 2.98. The number of aromatic nitrogens is 1. The number of aliphatic hydroxyl groups excluding tert-OH is 1. The van der Waals surface area contributed by atoms with Crippen molar-refractivity contribution < 1.29 is 18.6 Å². The summed E-state index contributed by atoms with van der Waals surface area (Å²) in [5, 5.41) is 9.80. The van der Waals surface area contributed by atoms with Crippen molar-refractivity contribution in [3.05, 3.63) is 58.4 Å². The molecule has 0 saturated heterocycles. The van der Waals surface area contributed by atoms with Crippen molar-refractivity contribution in [1.29, 1.82) is 0 Å².